The van der Waals surface area contributed by atoms with Crippen LogP contribution in [0.1, 0.15) is 44.0 Å². The number of nitrogens with zero attached hydrogens (tertiary/aromatic N) is 3. The highest BCUT2D eigenvalue weighted by Crippen LogP contribution is 2.64. The Balaban J connectivity index is 2.51. The maximum atomic E-state index is 12.4. The first kappa shape index (κ1) is 15.3. The highest BCUT2D eigenvalue weighted by Gasteiger charge is 2.63. The van der Waals surface area contributed by atoms with Crippen molar-refractivity contribution in [1.29, 1.82) is 5.26 Å². The minimum atomic E-state index is -0.809. The molecule has 0 saturated heterocycles. The van der Waals surface area contributed by atoms with Crippen LogP contribution in [-0.4, -0.2) is 14.1 Å². The van der Waals surface area contributed by atoms with E-state index in [2.05, 4.69) is 5.10 Å². The highest BCUT2D eigenvalue weighted by molar-refractivity contribution is 6.51. The largest absolute Gasteiger partial charge is 0.284 e. The Labute approximate surface area is 128 Å². The molecule has 0 aliphatic heterocycles. The van der Waals surface area contributed by atoms with E-state index in [0.717, 1.165) is 11.3 Å². The molecule has 1 heterocycles. The summed E-state index contributed by atoms with van der Waals surface area (Å²) >= 11 is 12.2. The van der Waals surface area contributed by atoms with Gasteiger partial charge in [-0.15, -0.1) is 23.2 Å². The number of alkyl halides is 2. The van der Waals surface area contributed by atoms with Crippen molar-refractivity contribution in [2.75, 3.05) is 0 Å². The second-order valence-corrected chi connectivity index (χ2v) is 7.01. The number of aromatic nitrogens is 2. The van der Waals surface area contributed by atoms with Crippen LogP contribution in [0.5, 0.6) is 0 Å². The summed E-state index contributed by atoms with van der Waals surface area (Å²) in [6.07, 6.45) is 1.93. The van der Waals surface area contributed by atoms with Crippen molar-refractivity contribution in [1.82, 2.24) is 9.78 Å². The molecule has 0 unspecified atom stereocenters. The van der Waals surface area contributed by atoms with E-state index in [0.29, 0.717) is 25.8 Å². The SMILES string of the molecule is CCc1nn(C[C@]2(C)CC2(Cl)Cl)c(=O)c(C#N)c1CC. The van der Waals surface area contributed by atoms with Gasteiger partial charge in [0, 0.05) is 5.41 Å². The van der Waals surface area contributed by atoms with Crippen molar-refractivity contribution in [3.63, 3.8) is 0 Å². The van der Waals surface area contributed by atoms with Crippen LogP contribution in [0.25, 0.3) is 0 Å². The van der Waals surface area contributed by atoms with E-state index in [1.807, 2.05) is 26.8 Å². The van der Waals surface area contributed by atoms with E-state index in [-0.39, 0.29) is 16.5 Å². The molecular formula is C14H17Cl2N3O. The molecule has 0 bridgehead atoms. The molecule has 1 aromatic rings. The smallest absolute Gasteiger partial charge is 0.266 e. The Bertz CT molecular complexity index is 645. The van der Waals surface area contributed by atoms with Gasteiger partial charge in [0.25, 0.3) is 5.56 Å². The molecule has 4 nitrogen and oxygen atoms in total. The standard InChI is InChI=1S/C14H17Cl2N3O/c1-4-9-10(6-17)12(20)19(18-11(9)5-2)8-13(3)7-14(13,15)16/h4-5,7-8H2,1-3H3/t13-/m0/s1. The third-order valence-corrected chi connectivity index (χ3v) is 5.19. The zero-order chi connectivity index (χ0) is 15.1. The first-order valence-corrected chi connectivity index (χ1v) is 7.46. The fourth-order valence-corrected chi connectivity index (χ4v) is 3.20. The Hall–Kier alpha value is -1.05. The summed E-state index contributed by atoms with van der Waals surface area (Å²) in [6, 6.07) is 2.02. The van der Waals surface area contributed by atoms with Gasteiger partial charge in [-0.1, -0.05) is 20.8 Å². The molecule has 20 heavy (non-hydrogen) atoms. The van der Waals surface area contributed by atoms with E-state index >= 15 is 0 Å². The lowest BCUT2D eigenvalue weighted by molar-refractivity contribution is 0.407. The third-order valence-electron chi connectivity index (χ3n) is 4.01. The lowest BCUT2D eigenvalue weighted by Crippen LogP contribution is -2.32. The van der Waals surface area contributed by atoms with Crippen molar-refractivity contribution in [2.45, 2.75) is 50.9 Å². The molecule has 2 rings (SSSR count). The van der Waals surface area contributed by atoms with E-state index in [9.17, 15) is 10.1 Å². The van der Waals surface area contributed by atoms with Gasteiger partial charge in [-0.2, -0.15) is 10.4 Å². The van der Waals surface area contributed by atoms with Gasteiger partial charge in [-0.05, 0) is 24.8 Å². The van der Waals surface area contributed by atoms with Crippen LogP contribution < -0.4 is 5.56 Å². The summed E-state index contributed by atoms with van der Waals surface area (Å²) in [5.74, 6) is 0. The molecular weight excluding hydrogens is 297 g/mol. The molecule has 1 fully saturated rings. The molecule has 0 spiro atoms. The van der Waals surface area contributed by atoms with Gasteiger partial charge in [-0.25, -0.2) is 4.68 Å². The fraction of sp³-hybridized carbons (Fsp3) is 0.643. The number of aryl methyl sites for hydroxylation is 1. The Morgan fingerprint density at radius 3 is 2.40 bits per heavy atom. The summed E-state index contributed by atoms with van der Waals surface area (Å²) in [4.78, 5) is 12.4. The van der Waals surface area contributed by atoms with Crippen LogP contribution in [0.4, 0.5) is 0 Å². The lowest BCUT2D eigenvalue weighted by atomic mass is 10.0. The quantitative estimate of drug-likeness (QED) is 0.803. The Morgan fingerprint density at radius 1 is 1.40 bits per heavy atom. The number of hydrogen-bond acceptors (Lipinski definition) is 3. The maximum absolute atomic E-state index is 12.4. The number of rotatable bonds is 4. The fourth-order valence-electron chi connectivity index (χ4n) is 2.49. The van der Waals surface area contributed by atoms with Crippen molar-refractivity contribution >= 4 is 23.2 Å². The molecule has 0 N–H and O–H groups in total. The average molecular weight is 314 g/mol. The summed E-state index contributed by atoms with van der Waals surface area (Å²) < 4.78 is 0.541. The van der Waals surface area contributed by atoms with Gasteiger partial charge in [-0.3, -0.25) is 4.79 Å². The van der Waals surface area contributed by atoms with Crippen LogP contribution in [0.15, 0.2) is 4.79 Å². The first-order valence-electron chi connectivity index (χ1n) is 6.70. The topological polar surface area (TPSA) is 58.7 Å². The van der Waals surface area contributed by atoms with Crippen molar-refractivity contribution in [3.05, 3.63) is 27.2 Å². The number of nitriles is 1. The van der Waals surface area contributed by atoms with Crippen molar-refractivity contribution < 1.29 is 0 Å². The predicted octanol–water partition coefficient (Wildman–Crippen LogP) is 2.82. The number of hydrogen-bond donors (Lipinski definition) is 0. The molecule has 0 radical (unpaired) electrons. The Kier molecular flexibility index (Phi) is 3.88. The third kappa shape index (κ3) is 2.34. The normalized spacial score (nSPS) is 23.4. The molecule has 1 aliphatic rings. The van der Waals surface area contributed by atoms with E-state index in [1.165, 1.54) is 4.68 Å². The maximum Gasteiger partial charge on any atom is 0.284 e. The summed E-state index contributed by atoms with van der Waals surface area (Å²) in [5.41, 5.74) is 1.03. The molecule has 1 atom stereocenters. The predicted molar refractivity (Wildman–Crippen MR) is 79.1 cm³/mol. The number of halogens is 2. The average Bonchev–Trinajstić information content (AvgIpc) is 2.89. The van der Waals surface area contributed by atoms with Crippen LogP contribution >= 0.6 is 23.2 Å². The lowest BCUT2D eigenvalue weighted by Gasteiger charge is -2.16. The van der Waals surface area contributed by atoms with Gasteiger partial charge in [0.15, 0.2) is 0 Å². The van der Waals surface area contributed by atoms with Crippen molar-refractivity contribution in [2.24, 2.45) is 5.41 Å². The molecule has 6 heteroatoms. The van der Waals surface area contributed by atoms with E-state index < -0.39 is 4.33 Å². The minimum Gasteiger partial charge on any atom is -0.266 e. The van der Waals surface area contributed by atoms with Gasteiger partial charge in [0.2, 0.25) is 0 Å². The molecule has 0 aromatic carbocycles. The second kappa shape index (κ2) is 5.05. The summed E-state index contributed by atoms with van der Waals surface area (Å²) in [5, 5.41) is 13.6. The van der Waals surface area contributed by atoms with Crippen LogP contribution in [0.3, 0.4) is 0 Å². The molecule has 1 aromatic heterocycles. The van der Waals surface area contributed by atoms with Gasteiger partial charge in [0.1, 0.15) is 16.0 Å². The molecule has 0 amide bonds. The van der Waals surface area contributed by atoms with Crippen molar-refractivity contribution in [3.8, 4) is 6.07 Å². The molecule has 1 saturated carbocycles. The highest BCUT2D eigenvalue weighted by atomic mass is 35.5. The summed E-state index contributed by atoms with van der Waals surface area (Å²) in [6.45, 7) is 6.15. The van der Waals surface area contributed by atoms with Crippen LogP contribution in [-0.2, 0) is 19.4 Å². The Morgan fingerprint density at radius 2 is 2.00 bits per heavy atom. The minimum absolute atomic E-state index is 0.193. The monoisotopic (exact) mass is 313 g/mol. The first-order chi connectivity index (χ1) is 9.29. The molecule has 1 aliphatic carbocycles. The van der Waals surface area contributed by atoms with Crippen LogP contribution in [0.2, 0.25) is 0 Å². The zero-order valence-electron chi connectivity index (χ0n) is 11.8. The molecule has 108 valence electrons. The van der Waals surface area contributed by atoms with Gasteiger partial charge in [0.05, 0.1) is 12.2 Å². The van der Waals surface area contributed by atoms with Gasteiger partial charge >= 0.3 is 0 Å². The van der Waals surface area contributed by atoms with E-state index in [1.54, 1.807) is 0 Å². The zero-order valence-corrected chi connectivity index (χ0v) is 13.3. The van der Waals surface area contributed by atoms with Crippen LogP contribution in [0, 0.1) is 16.7 Å². The van der Waals surface area contributed by atoms with Gasteiger partial charge < -0.3 is 0 Å². The van der Waals surface area contributed by atoms with E-state index in [4.69, 9.17) is 23.2 Å². The summed E-state index contributed by atoms with van der Waals surface area (Å²) in [7, 11) is 0. The second-order valence-electron chi connectivity index (χ2n) is 5.52.